The van der Waals surface area contributed by atoms with Crippen molar-refractivity contribution < 1.29 is 41.9 Å². The number of allylic oxidation sites excluding steroid dienone is 2. The molecular weight excluding hydrogens is 387 g/mol. The first kappa shape index (κ1) is 21.4. The average molecular weight is 405 g/mol. The molecule has 12 heteroatoms. The highest BCUT2D eigenvalue weighted by atomic mass is 19.4. The lowest BCUT2D eigenvalue weighted by molar-refractivity contribution is -0.159. The van der Waals surface area contributed by atoms with Gasteiger partial charge in [0.05, 0.1) is 11.8 Å². The fourth-order valence-electron chi connectivity index (χ4n) is 2.96. The van der Waals surface area contributed by atoms with Crippen molar-refractivity contribution in [3.63, 3.8) is 0 Å². The topological polar surface area (TPSA) is 122 Å². The zero-order chi connectivity index (χ0) is 21.1. The summed E-state index contributed by atoms with van der Waals surface area (Å²) in [6, 6.07) is -2.69. The number of imide groups is 2. The van der Waals surface area contributed by atoms with E-state index in [2.05, 4.69) is 4.74 Å². The van der Waals surface area contributed by atoms with Gasteiger partial charge in [-0.3, -0.25) is 24.6 Å². The van der Waals surface area contributed by atoms with Crippen LogP contribution in [0.5, 0.6) is 0 Å². The second-order valence-corrected chi connectivity index (χ2v) is 6.33. The molecule has 3 atom stereocenters. The van der Waals surface area contributed by atoms with Crippen LogP contribution in [-0.4, -0.2) is 60.0 Å². The molecule has 1 aliphatic heterocycles. The second-order valence-electron chi connectivity index (χ2n) is 6.33. The summed E-state index contributed by atoms with van der Waals surface area (Å²) in [5.74, 6) is -4.29. The molecule has 154 valence electrons. The SMILES string of the molecule is C[C@@H](C(=O)OCC(=O)NC(=O)NCC(F)(F)F)N1C(=O)[C@@H]2CC=CC[C@H]2C1=O. The molecule has 0 aromatic carbocycles. The van der Waals surface area contributed by atoms with Crippen molar-refractivity contribution in [1.29, 1.82) is 0 Å². The lowest BCUT2D eigenvalue weighted by atomic mass is 9.85. The van der Waals surface area contributed by atoms with Gasteiger partial charge >= 0.3 is 18.2 Å². The molecule has 28 heavy (non-hydrogen) atoms. The van der Waals surface area contributed by atoms with Crippen LogP contribution in [-0.2, 0) is 23.9 Å². The van der Waals surface area contributed by atoms with Crippen molar-refractivity contribution in [2.24, 2.45) is 11.8 Å². The van der Waals surface area contributed by atoms with E-state index in [1.54, 1.807) is 17.5 Å². The van der Waals surface area contributed by atoms with Crippen LogP contribution in [0.1, 0.15) is 19.8 Å². The number of urea groups is 1. The minimum absolute atomic E-state index is 0.392. The Morgan fingerprint density at radius 1 is 1.18 bits per heavy atom. The molecule has 0 saturated carbocycles. The molecule has 2 aliphatic rings. The zero-order valence-electron chi connectivity index (χ0n) is 14.7. The van der Waals surface area contributed by atoms with Crippen LogP contribution in [0.25, 0.3) is 0 Å². The molecule has 0 aromatic heterocycles. The number of halogens is 3. The average Bonchev–Trinajstić information content (AvgIpc) is 2.88. The van der Waals surface area contributed by atoms with Crippen molar-refractivity contribution in [2.75, 3.05) is 13.2 Å². The van der Waals surface area contributed by atoms with E-state index in [0.717, 1.165) is 4.90 Å². The fraction of sp³-hybridized carbons (Fsp3) is 0.562. The molecule has 1 saturated heterocycles. The minimum atomic E-state index is -4.65. The number of rotatable bonds is 5. The Labute approximate surface area is 157 Å². The van der Waals surface area contributed by atoms with Crippen molar-refractivity contribution in [3.8, 4) is 0 Å². The number of hydrogen-bond donors (Lipinski definition) is 2. The summed E-state index contributed by atoms with van der Waals surface area (Å²) < 4.78 is 40.5. The number of fused-ring (bicyclic) bond motifs is 1. The van der Waals surface area contributed by atoms with E-state index in [-0.39, 0.29) is 0 Å². The number of nitrogens with zero attached hydrogens (tertiary/aromatic N) is 1. The van der Waals surface area contributed by atoms with Gasteiger partial charge in [-0.1, -0.05) is 12.2 Å². The number of ether oxygens (including phenoxy) is 1. The van der Waals surface area contributed by atoms with Gasteiger partial charge in [-0.25, -0.2) is 9.59 Å². The van der Waals surface area contributed by atoms with E-state index in [0.29, 0.717) is 12.8 Å². The third-order valence-corrected chi connectivity index (χ3v) is 4.32. The largest absolute Gasteiger partial charge is 0.454 e. The smallest absolute Gasteiger partial charge is 0.405 e. The van der Waals surface area contributed by atoms with E-state index < -0.39 is 66.9 Å². The molecule has 0 unspecified atom stereocenters. The number of carbonyl (C=O) groups is 5. The summed E-state index contributed by atoms with van der Waals surface area (Å²) in [7, 11) is 0. The van der Waals surface area contributed by atoms with Crippen LogP contribution in [0.4, 0.5) is 18.0 Å². The highest BCUT2D eigenvalue weighted by molar-refractivity contribution is 6.08. The van der Waals surface area contributed by atoms with Crippen molar-refractivity contribution in [2.45, 2.75) is 32.0 Å². The molecule has 2 rings (SSSR count). The Balaban J connectivity index is 1.82. The van der Waals surface area contributed by atoms with E-state index >= 15 is 0 Å². The van der Waals surface area contributed by atoms with Gasteiger partial charge in [0, 0.05) is 0 Å². The molecule has 1 heterocycles. The maximum atomic E-state index is 12.4. The number of amides is 5. The highest BCUT2D eigenvalue weighted by Gasteiger charge is 2.50. The molecule has 2 N–H and O–H groups in total. The number of esters is 1. The van der Waals surface area contributed by atoms with Gasteiger partial charge in [-0.05, 0) is 19.8 Å². The molecule has 0 radical (unpaired) electrons. The normalized spacial score (nSPS) is 22.5. The minimum Gasteiger partial charge on any atom is -0.454 e. The maximum Gasteiger partial charge on any atom is 0.405 e. The lowest BCUT2D eigenvalue weighted by Gasteiger charge is -2.21. The summed E-state index contributed by atoms with van der Waals surface area (Å²) in [5, 5.41) is 2.96. The van der Waals surface area contributed by atoms with E-state index in [1.807, 2.05) is 0 Å². The quantitative estimate of drug-likeness (QED) is 0.384. The summed E-state index contributed by atoms with van der Waals surface area (Å²) >= 11 is 0. The van der Waals surface area contributed by atoms with E-state index in [1.165, 1.54) is 12.2 Å². The lowest BCUT2D eigenvalue weighted by Crippen LogP contribution is -2.47. The predicted molar refractivity (Wildman–Crippen MR) is 85.2 cm³/mol. The monoisotopic (exact) mass is 405 g/mol. The third-order valence-electron chi connectivity index (χ3n) is 4.32. The molecular formula is C16H18F3N3O6. The molecule has 0 aromatic rings. The molecule has 0 bridgehead atoms. The molecule has 0 spiro atoms. The zero-order valence-corrected chi connectivity index (χ0v) is 14.7. The number of likely N-dealkylation sites (tertiary alicyclic amines) is 1. The van der Waals surface area contributed by atoms with E-state index in [9.17, 15) is 37.1 Å². The summed E-state index contributed by atoms with van der Waals surface area (Å²) in [4.78, 5) is 60.2. The van der Waals surface area contributed by atoms with Gasteiger partial charge in [0.25, 0.3) is 5.91 Å². The van der Waals surface area contributed by atoms with Crippen LogP contribution in [0.15, 0.2) is 12.2 Å². The Hall–Kier alpha value is -2.92. The summed E-state index contributed by atoms with van der Waals surface area (Å²) in [6.45, 7) is -1.34. The Bertz CT molecular complexity index is 695. The fourth-order valence-corrected chi connectivity index (χ4v) is 2.96. The summed E-state index contributed by atoms with van der Waals surface area (Å²) in [6.07, 6.45) is -0.296. The van der Waals surface area contributed by atoms with Gasteiger partial charge in [0.2, 0.25) is 11.8 Å². The second kappa shape index (κ2) is 8.40. The Kier molecular flexibility index (Phi) is 6.41. The van der Waals surface area contributed by atoms with Crippen LogP contribution < -0.4 is 10.6 Å². The van der Waals surface area contributed by atoms with Gasteiger partial charge in [0.1, 0.15) is 12.6 Å². The Morgan fingerprint density at radius 3 is 2.21 bits per heavy atom. The van der Waals surface area contributed by atoms with Gasteiger partial charge in [0.15, 0.2) is 6.61 Å². The van der Waals surface area contributed by atoms with Crippen LogP contribution in [0.3, 0.4) is 0 Å². The first-order valence-corrected chi connectivity index (χ1v) is 8.34. The Morgan fingerprint density at radius 2 is 1.71 bits per heavy atom. The highest BCUT2D eigenvalue weighted by Crippen LogP contribution is 2.36. The van der Waals surface area contributed by atoms with Crippen molar-refractivity contribution in [3.05, 3.63) is 12.2 Å². The third kappa shape index (κ3) is 5.08. The van der Waals surface area contributed by atoms with Crippen LogP contribution in [0.2, 0.25) is 0 Å². The van der Waals surface area contributed by atoms with Crippen molar-refractivity contribution >= 4 is 29.7 Å². The predicted octanol–water partition coefficient (Wildman–Crippen LogP) is 0.257. The van der Waals surface area contributed by atoms with Crippen LogP contribution >= 0.6 is 0 Å². The first-order valence-electron chi connectivity index (χ1n) is 8.34. The number of alkyl halides is 3. The van der Waals surface area contributed by atoms with Gasteiger partial charge in [-0.2, -0.15) is 13.2 Å². The molecule has 5 amide bonds. The number of nitrogens with one attached hydrogen (secondary N) is 2. The molecule has 1 fully saturated rings. The first-order chi connectivity index (χ1) is 13.0. The van der Waals surface area contributed by atoms with Crippen molar-refractivity contribution in [1.82, 2.24) is 15.5 Å². The van der Waals surface area contributed by atoms with E-state index in [4.69, 9.17) is 0 Å². The number of carbonyl (C=O) groups excluding carboxylic acids is 5. The maximum absolute atomic E-state index is 12.4. The van der Waals surface area contributed by atoms with Gasteiger partial charge in [-0.15, -0.1) is 0 Å². The van der Waals surface area contributed by atoms with Gasteiger partial charge < -0.3 is 10.1 Å². The van der Waals surface area contributed by atoms with Crippen LogP contribution in [0, 0.1) is 11.8 Å². The molecule has 9 nitrogen and oxygen atoms in total. The number of hydrogen-bond acceptors (Lipinski definition) is 6. The summed E-state index contributed by atoms with van der Waals surface area (Å²) in [5.41, 5.74) is 0. The standard InChI is InChI=1S/C16H18F3N3O6/c1-8(22-12(24)9-4-2-3-5-10(9)13(22)25)14(26)28-6-11(23)21-15(27)20-7-16(17,18)19/h2-3,8-10H,4-7H2,1H3,(H2,20,21,23,27)/t8-,9+,10+/m0/s1. The molecule has 1 aliphatic carbocycles.